The largest absolute Gasteiger partial charge is 0.381 e. The van der Waals surface area contributed by atoms with Gasteiger partial charge >= 0.3 is 0 Å². The number of carbonyl (C=O) groups excluding carboxylic acids is 2. The molecule has 0 bridgehead atoms. The molecule has 0 atom stereocenters. The average molecular weight is 369 g/mol. The molecule has 22 heavy (non-hydrogen) atoms. The molecule has 5 nitrogen and oxygen atoms in total. The van der Waals surface area contributed by atoms with Crippen molar-refractivity contribution in [3.63, 3.8) is 0 Å². The van der Waals surface area contributed by atoms with Crippen LogP contribution in [-0.2, 0) is 9.53 Å². The molecule has 0 saturated carbocycles. The van der Waals surface area contributed by atoms with Gasteiger partial charge in [0.2, 0.25) is 5.91 Å². The summed E-state index contributed by atoms with van der Waals surface area (Å²) in [5.41, 5.74) is 1.45. The van der Waals surface area contributed by atoms with Gasteiger partial charge in [-0.1, -0.05) is 6.92 Å². The molecule has 1 aliphatic rings. The minimum atomic E-state index is -0.470. The van der Waals surface area contributed by atoms with E-state index >= 15 is 0 Å². The van der Waals surface area contributed by atoms with Crippen molar-refractivity contribution < 1.29 is 14.3 Å². The van der Waals surface area contributed by atoms with E-state index in [4.69, 9.17) is 4.74 Å². The molecule has 2 N–H and O–H groups in total. The summed E-state index contributed by atoms with van der Waals surface area (Å²) >= 11 is 3.45. The first-order chi connectivity index (χ1) is 10.4. The number of hydrogen-bond donors (Lipinski definition) is 2. The smallest absolute Gasteiger partial charge is 0.253 e. The van der Waals surface area contributed by atoms with Crippen LogP contribution in [0.1, 0.15) is 35.7 Å². The van der Waals surface area contributed by atoms with Gasteiger partial charge in [0.15, 0.2) is 0 Å². The summed E-state index contributed by atoms with van der Waals surface area (Å²) in [5.74, 6) is -0.303. The molecule has 1 aromatic rings. The van der Waals surface area contributed by atoms with Crippen molar-refractivity contribution in [3.8, 4) is 0 Å². The highest BCUT2D eigenvalue weighted by Crippen LogP contribution is 2.34. The number of benzene rings is 1. The second-order valence-corrected chi connectivity index (χ2v) is 6.73. The van der Waals surface area contributed by atoms with Crippen LogP contribution in [-0.4, -0.2) is 32.1 Å². The summed E-state index contributed by atoms with van der Waals surface area (Å²) in [4.78, 5) is 24.7. The molecule has 0 aromatic heterocycles. The fraction of sp³-hybridized carbons (Fsp3) is 0.500. The Morgan fingerprint density at radius 2 is 1.91 bits per heavy atom. The molecule has 120 valence electrons. The third-order valence-corrected chi connectivity index (χ3v) is 4.71. The monoisotopic (exact) mass is 368 g/mol. The van der Waals surface area contributed by atoms with Crippen molar-refractivity contribution >= 4 is 33.4 Å². The van der Waals surface area contributed by atoms with Gasteiger partial charge in [-0.3, -0.25) is 9.59 Å². The van der Waals surface area contributed by atoms with E-state index in [0.717, 1.165) is 5.56 Å². The van der Waals surface area contributed by atoms with Gasteiger partial charge in [0.1, 0.15) is 0 Å². The zero-order chi connectivity index (χ0) is 16.3. The van der Waals surface area contributed by atoms with Crippen molar-refractivity contribution in [2.75, 3.05) is 25.6 Å². The number of amides is 2. The summed E-state index contributed by atoms with van der Waals surface area (Å²) in [5, 5.41) is 5.54. The molecule has 0 radical (unpaired) electrons. The molecule has 0 aliphatic carbocycles. The zero-order valence-corrected chi connectivity index (χ0v) is 14.7. The van der Waals surface area contributed by atoms with E-state index in [-0.39, 0.29) is 11.8 Å². The molecule has 1 heterocycles. The summed E-state index contributed by atoms with van der Waals surface area (Å²) in [6.07, 6.45) is 1.36. The summed E-state index contributed by atoms with van der Waals surface area (Å²) in [6.45, 7) is 5.01. The zero-order valence-electron chi connectivity index (χ0n) is 13.1. The van der Waals surface area contributed by atoms with Crippen molar-refractivity contribution in [2.45, 2.75) is 26.7 Å². The molecule has 1 aliphatic heterocycles. The number of rotatable bonds is 3. The molecular weight excluding hydrogens is 348 g/mol. The standard InChI is InChI=1S/C16H21BrN2O3/c1-10-8-11(14(20)18-3)13(12(17)9-10)19-15(21)16(2)4-6-22-7-5-16/h8-9H,4-7H2,1-3H3,(H,18,20)(H,19,21). The van der Waals surface area contributed by atoms with Gasteiger partial charge < -0.3 is 15.4 Å². The number of nitrogens with one attached hydrogen (secondary N) is 2. The lowest BCUT2D eigenvalue weighted by Gasteiger charge is -2.32. The molecule has 0 spiro atoms. The number of carbonyl (C=O) groups is 2. The van der Waals surface area contributed by atoms with E-state index in [0.29, 0.717) is 41.8 Å². The van der Waals surface area contributed by atoms with E-state index in [9.17, 15) is 9.59 Å². The summed E-state index contributed by atoms with van der Waals surface area (Å²) < 4.78 is 6.03. The van der Waals surface area contributed by atoms with Gasteiger partial charge in [0.05, 0.1) is 16.7 Å². The number of aryl methyl sites for hydroxylation is 1. The Bertz CT molecular complexity index is 595. The summed E-state index contributed by atoms with van der Waals surface area (Å²) in [6, 6.07) is 3.65. The highest BCUT2D eigenvalue weighted by molar-refractivity contribution is 9.10. The molecule has 1 saturated heterocycles. The maximum Gasteiger partial charge on any atom is 0.253 e. The van der Waals surface area contributed by atoms with Crippen LogP contribution in [0.3, 0.4) is 0 Å². The van der Waals surface area contributed by atoms with Gasteiger partial charge in [-0.15, -0.1) is 0 Å². The average Bonchev–Trinajstić information content (AvgIpc) is 2.49. The molecule has 2 rings (SSSR count). The van der Waals surface area contributed by atoms with Crippen molar-refractivity contribution in [1.29, 1.82) is 0 Å². The van der Waals surface area contributed by atoms with Gasteiger partial charge in [-0.2, -0.15) is 0 Å². The lowest BCUT2D eigenvalue weighted by atomic mass is 9.81. The fourth-order valence-corrected chi connectivity index (χ4v) is 3.17. The number of anilines is 1. The predicted molar refractivity (Wildman–Crippen MR) is 89.1 cm³/mol. The normalized spacial score (nSPS) is 16.9. The highest BCUT2D eigenvalue weighted by atomic mass is 79.9. The Kier molecular flexibility index (Phi) is 5.24. The number of hydrogen-bond acceptors (Lipinski definition) is 3. The predicted octanol–water partition coefficient (Wildman–Crippen LogP) is 2.87. The molecule has 1 fully saturated rings. The minimum absolute atomic E-state index is 0.0782. The first-order valence-corrected chi connectivity index (χ1v) is 8.08. The van der Waals surface area contributed by atoms with Crippen LogP contribution < -0.4 is 10.6 Å². The number of halogens is 1. The van der Waals surface area contributed by atoms with Crippen LogP contribution in [0.4, 0.5) is 5.69 Å². The quantitative estimate of drug-likeness (QED) is 0.861. The molecule has 6 heteroatoms. The van der Waals surface area contributed by atoms with Crippen molar-refractivity contribution in [1.82, 2.24) is 5.32 Å². The first kappa shape index (κ1) is 17.0. The summed E-state index contributed by atoms with van der Waals surface area (Å²) in [7, 11) is 1.57. The van der Waals surface area contributed by atoms with Gasteiger partial charge in [-0.25, -0.2) is 0 Å². The van der Waals surface area contributed by atoms with E-state index in [1.165, 1.54) is 0 Å². The van der Waals surface area contributed by atoms with Gasteiger partial charge in [-0.05, 0) is 53.4 Å². The SMILES string of the molecule is CNC(=O)c1cc(C)cc(Br)c1NC(=O)C1(C)CCOCC1. The molecular formula is C16H21BrN2O3. The Morgan fingerprint density at radius 1 is 1.27 bits per heavy atom. The lowest BCUT2D eigenvalue weighted by Crippen LogP contribution is -2.39. The molecule has 2 amide bonds. The maximum absolute atomic E-state index is 12.7. The Hall–Kier alpha value is -1.40. The Morgan fingerprint density at radius 3 is 2.50 bits per heavy atom. The fourth-order valence-electron chi connectivity index (χ4n) is 2.50. The van der Waals surface area contributed by atoms with E-state index in [1.807, 2.05) is 19.9 Å². The molecule has 0 unspecified atom stereocenters. The van der Waals surface area contributed by atoms with E-state index in [2.05, 4.69) is 26.6 Å². The third kappa shape index (κ3) is 3.50. The molecule has 1 aromatic carbocycles. The van der Waals surface area contributed by atoms with Crippen LogP contribution in [0.15, 0.2) is 16.6 Å². The van der Waals surface area contributed by atoms with Crippen LogP contribution in [0.25, 0.3) is 0 Å². The maximum atomic E-state index is 12.7. The van der Waals surface area contributed by atoms with E-state index in [1.54, 1.807) is 13.1 Å². The second-order valence-electron chi connectivity index (χ2n) is 5.88. The third-order valence-electron chi connectivity index (χ3n) is 4.09. The highest BCUT2D eigenvalue weighted by Gasteiger charge is 2.36. The van der Waals surface area contributed by atoms with Crippen LogP contribution in [0.5, 0.6) is 0 Å². The van der Waals surface area contributed by atoms with Crippen molar-refractivity contribution in [3.05, 3.63) is 27.7 Å². The second kappa shape index (κ2) is 6.79. The Labute approximate surface area is 138 Å². The minimum Gasteiger partial charge on any atom is -0.381 e. The topological polar surface area (TPSA) is 67.4 Å². The first-order valence-electron chi connectivity index (χ1n) is 7.29. The van der Waals surface area contributed by atoms with Gasteiger partial charge in [0.25, 0.3) is 5.91 Å². The van der Waals surface area contributed by atoms with Crippen LogP contribution >= 0.6 is 15.9 Å². The van der Waals surface area contributed by atoms with Crippen LogP contribution in [0.2, 0.25) is 0 Å². The van der Waals surface area contributed by atoms with Gasteiger partial charge in [0, 0.05) is 24.7 Å². The van der Waals surface area contributed by atoms with E-state index < -0.39 is 5.41 Å². The van der Waals surface area contributed by atoms with Crippen LogP contribution in [0, 0.1) is 12.3 Å². The van der Waals surface area contributed by atoms with Crippen molar-refractivity contribution in [2.24, 2.45) is 5.41 Å². The Balaban J connectivity index is 2.32. The lowest BCUT2D eigenvalue weighted by molar-refractivity contribution is -0.129. The number of ether oxygens (including phenoxy) is 1.